The van der Waals surface area contributed by atoms with Gasteiger partial charge in [0.2, 0.25) is 5.89 Å². The van der Waals surface area contributed by atoms with Crippen LogP contribution in [0, 0.1) is 0 Å². The lowest BCUT2D eigenvalue weighted by Crippen LogP contribution is -2.24. The van der Waals surface area contributed by atoms with Gasteiger partial charge in [-0.2, -0.15) is 4.68 Å². The van der Waals surface area contributed by atoms with Crippen molar-refractivity contribution in [3.8, 4) is 17.2 Å². The maximum Gasteiger partial charge on any atom is 0.437 e. The number of carbonyl (C=O) groups is 1. The van der Waals surface area contributed by atoms with Crippen molar-refractivity contribution in [3.05, 3.63) is 70.2 Å². The van der Waals surface area contributed by atoms with E-state index >= 15 is 0 Å². The van der Waals surface area contributed by atoms with Gasteiger partial charge in [-0.1, -0.05) is 29.8 Å². The van der Waals surface area contributed by atoms with E-state index in [1.807, 2.05) is 6.07 Å². The fraction of sp³-hybridized carbons (Fsp3) is 0.167. The van der Waals surface area contributed by atoms with Crippen LogP contribution in [-0.4, -0.2) is 29.0 Å². The molecule has 0 radical (unpaired) electrons. The highest BCUT2D eigenvalue weighted by atomic mass is 35.5. The van der Waals surface area contributed by atoms with Crippen molar-refractivity contribution in [2.45, 2.75) is 6.54 Å². The predicted octanol–water partition coefficient (Wildman–Crippen LogP) is 2.78. The van der Waals surface area contributed by atoms with E-state index in [-0.39, 0.29) is 25.6 Å². The summed E-state index contributed by atoms with van der Waals surface area (Å²) in [5.74, 6) is -0.571. The van der Waals surface area contributed by atoms with Gasteiger partial charge in [0.05, 0.1) is 0 Å². The quantitative estimate of drug-likeness (QED) is 0.467. The molecule has 0 N–H and O–H groups in total. The monoisotopic (exact) mass is 374 g/mol. The lowest BCUT2D eigenvalue weighted by molar-refractivity contribution is -0.145. The standard InChI is InChI=1S/C18H15ClN2O5/c19-14-6-8-15(9-7-14)24-10-11-25-16(22)12-21-18(23)26-17(20-21)13-4-2-1-3-5-13/h1-9H,10-12H2. The normalized spacial score (nSPS) is 10.5. The number of aromatic nitrogens is 2. The largest absolute Gasteiger partial charge is 0.490 e. The number of hydrogen-bond acceptors (Lipinski definition) is 6. The Morgan fingerprint density at radius 1 is 1.08 bits per heavy atom. The van der Waals surface area contributed by atoms with Crippen molar-refractivity contribution in [1.29, 1.82) is 0 Å². The molecule has 0 unspecified atom stereocenters. The number of rotatable bonds is 7. The molecule has 26 heavy (non-hydrogen) atoms. The molecule has 0 amide bonds. The van der Waals surface area contributed by atoms with Crippen molar-refractivity contribution < 1.29 is 18.7 Å². The average Bonchev–Trinajstić information content (AvgIpc) is 3.01. The number of esters is 1. The molecule has 0 atom stereocenters. The van der Waals surface area contributed by atoms with Crippen LogP contribution in [0.4, 0.5) is 0 Å². The van der Waals surface area contributed by atoms with Gasteiger partial charge in [0, 0.05) is 10.6 Å². The highest BCUT2D eigenvalue weighted by Gasteiger charge is 2.13. The van der Waals surface area contributed by atoms with Crippen molar-refractivity contribution in [3.63, 3.8) is 0 Å². The van der Waals surface area contributed by atoms with E-state index in [1.54, 1.807) is 48.5 Å². The highest BCUT2D eigenvalue weighted by molar-refractivity contribution is 6.30. The molecule has 0 aliphatic rings. The Hall–Kier alpha value is -3.06. The SMILES string of the molecule is O=C(Cn1nc(-c2ccccc2)oc1=O)OCCOc1ccc(Cl)cc1. The third kappa shape index (κ3) is 4.73. The van der Waals surface area contributed by atoms with Crippen LogP contribution >= 0.6 is 11.6 Å². The summed E-state index contributed by atoms with van der Waals surface area (Å²) in [6.07, 6.45) is 0. The van der Waals surface area contributed by atoms with Crippen LogP contribution in [0.15, 0.2) is 63.8 Å². The zero-order chi connectivity index (χ0) is 18.4. The number of carbonyl (C=O) groups excluding carboxylic acids is 1. The summed E-state index contributed by atoms with van der Waals surface area (Å²) in [5, 5.41) is 4.61. The number of benzene rings is 2. The van der Waals surface area contributed by atoms with E-state index in [2.05, 4.69) is 5.10 Å². The molecule has 3 rings (SSSR count). The summed E-state index contributed by atoms with van der Waals surface area (Å²) in [5.41, 5.74) is 0.646. The summed E-state index contributed by atoms with van der Waals surface area (Å²) in [6, 6.07) is 15.8. The molecule has 0 saturated heterocycles. The Morgan fingerprint density at radius 2 is 1.81 bits per heavy atom. The van der Waals surface area contributed by atoms with Gasteiger partial charge < -0.3 is 13.9 Å². The summed E-state index contributed by atoms with van der Waals surface area (Å²) in [7, 11) is 0. The first-order valence-corrected chi connectivity index (χ1v) is 8.17. The molecule has 3 aromatic rings. The van der Waals surface area contributed by atoms with Gasteiger partial charge in [0.15, 0.2) is 0 Å². The Kier molecular flexibility index (Phi) is 5.70. The van der Waals surface area contributed by atoms with E-state index in [0.29, 0.717) is 16.3 Å². The molecule has 1 heterocycles. The molecular weight excluding hydrogens is 360 g/mol. The number of nitrogens with zero attached hydrogens (tertiary/aromatic N) is 2. The van der Waals surface area contributed by atoms with Crippen LogP contribution in [-0.2, 0) is 16.1 Å². The second kappa shape index (κ2) is 8.35. The molecule has 0 aliphatic heterocycles. The number of halogens is 1. The van der Waals surface area contributed by atoms with E-state index < -0.39 is 11.7 Å². The fourth-order valence-electron chi connectivity index (χ4n) is 2.12. The van der Waals surface area contributed by atoms with E-state index in [0.717, 1.165) is 4.68 Å². The molecule has 0 aliphatic carbocycles. The van der Waals surface area contributed by atoms with Gasteiger partial charge in [-0.15, -0.1) is 5.10 Å². The first-order chi connectivity index (χ1) is 12.6. The summed E-state index contributed by atoms with van der Waals surface area (Å²) >= 11 is 5.78. The molecule has 0 spiro atoms. The zero-order valence-corrected chi connectivity index (χ0v) is 14.4. The molecule has 2 aromatic carbocycles. The molecule has 0 fully saturated rings. The van der Waals surface area contributed by atoms with Crippen molar-refractivity contribution in [2.75, 3.05) is 13.2 Å². The molecule has 8 heteroatoms. The lowest BCUT2D eigenvalue weighted by Gasteiger charge is -2.07. The van der Waals surface area contributed by atoms with Crippen molar-refractivity contribution in [2.24, 2.45) is 0 Å². The number of ether oxygens (including phenoxy) is 2. The topological polar surface area (TPSA) is 83.6 Å². The summed E-state index contributed by atoms with van der Waals surface area (Å²) < 4.78 is 16.4. The van der Waals surface area contributed by atoms with Gasteiger partial charge in [0.1, 0.15) is 25.5 Å². The maximum absolute atomic E-state index is 11.8. The molecular formula is C18H15ClN2O5. The lowest BCUT2D eigenvalue weighted by atomic mass is 10.2. The number of hydrogen-bond donors (Lipinski definition) is 0. The molecule has 0 bridgehead atoms. The van der Waals surface area contributed by atoms with Crippen LogP contribution in [0.2, 0.25) is 5.02 Å². The van der Waals surface area contributed by atoms with E-state index in [9.17, 15) is 9.59 Å². The molecule has 134 valence electrons. The average molecular weight is 375 g/mol. The van der Waals surface area contributed by atoms with Crippen LogP contribution in [0.5, 0.6) is 5.75 Å². The Morgan fingerprint density at radius 3 is 2.54 bits per heavy atom. The van der Waals surface area contributed by atoms with E-state index in [4.69, 9.17) is 25.5 Å². The van der Waals surface area contributed by atoms with Crippen molar-refractivity contribution >= 4 is 17.6 Å². The predicted molar refractivity (Wildman–Crippen MR) is 94.1 cm³/mol. The third-order valence-electron chi connectivity index (χ3n) is 3.33. The Balaban J connectivity index is 1.48. The van der Waals surface area contributed by atoms with Gasteiger partial charge in [-0.05, 0) is 36.4 Å². The fourth-order valence-corrected chi connectivity index (χ4v) is 2.24. The highest BCUT2D eigenvalue weighted by Crippen LogP contribution is 2.15. The van der Waals surface area contributed by atoms with Gasteiger partial charge in [0.25, 0.3) is 0 Å². The third-order valence-corrected chi connectivity index (χ3v) is 3.59. The summed E-state index contributed by atoms with van der Waals surface area (Å²) in [4.78, 5) is 23.6. The molecule has 1 aromatic heterocycles. The first-order valence-electron chi connectivity index (χ1n) is 7.79. The maximum atomic E-state index is 11.8. The Labute approximate surface area is 153 Å². The second-order valence-corrected chi connectivity index (χ2v) is 5.66. The second-order valence-electron chi connectivity index (χ2n) is 5.22. The smallest absolute Gasteiger partial charge is 0.437 e. The van der Waals surface area contributed by atoms with Crippen LogP contribution in [0.25, 0.3) is 11.5 Å². The van der Waals surface area contributed by atoms with Crippen LogP contribution in [0.1, 0.15) is 0 Å². The van der Waals surface area contributed by atoms with Gasteiger partial charge >= 0.3 is 11.7 Å². The Bertz CT molecular complexity index is 919. The summed E-state index contributed by atoms with van der Waals surface area (Å²) in [6.45, 7) is -0.119. The minimum absolute atomic E-state index is 0.0413. The van der Waals surface area contributed by atoms with Crippen molar-refractivity contribution in [1.82, 2.24) is 9.78 Å². The van der Waals surface area contributed by atoms with Crippen LogP contribution in [0.3, 0.4) is 0 Å². The molecule has 7 nitrogen and oxygen atoms in total. The minimum atomic E-state index is -0.724. The minimum Gasteiger partial charge on any atom is -0.490 e. The zero-order valence-electron chi connectivity index (χ0n) is 13.6. The van der Waals surface area contributed by atoms with E-state index in [1.165, 1.54) is 0 Å². The first kappa shape index (κ1) is 17.8. The van der Waals surface area contributed by atoms with Gasteiger partial charge in [-0.25, -0.2) is 4.79 Å². The molecule has 0 saturated carbocycles. The van der Waals surface area contributed by atoms with Crippen LogP contribution < -0.4 is 10.5 Å². The van der Waals surface area contributed by atoms with Gasteiger partial charge in [-0.3, -0.25) is 4.79 Å².